The minimum Gasteiger partial charge on any atom is -0.480 e. The van der Waals surface area contributed by atoms with E-state index in [0.29, 0.717) is 18.4 Å². The zero-order valence-electron chi connectivity index (χ0n) is 11.3. The third-order valence-corrected chi connectivity index (χ3v) is 4.11. The average molecular weight is 315 g/mol. The topological polar surface area (TPSA) is 78.4 Å². The number of carbonyl (C=O) groups excluding carboxylic acids is 1. The van der Waals surface area contributed by atoms with Crippen LogP contribution in [0.15, 0.2) is 18.2 Å². The molecule has 0 heterocycles. The summed E-state index contributed by atoms with van der Waals surface area (Å²) in [6.07, 6.45) is 2.36. The van der Waals surface area contributed by atoms with Crippen molar-refractivity contribution in [1.82, 2.24) is 10.6 Å². The second kappa shape index (κ2) is 6.30. The van der Waals surface area contributed by atoms with Gasteiger partial charge in [-0.05, 0) is 24.5 Å². The minimum absolute atomic E-state index is 0.0259. The number of halogens is 2. The number of carboxylic acids is 1. The molecular weight excluding hydrogens is 299 g/mol. The van der Waals surface area contributed by atoms with Crippen LogP contribution in [0.5, 0.6) is 0 Å². The van der Waals surface area contributed by atoms with Crippen LogP contribution in [0, 0.1) is 5.82 Å². The highest BCUT2D eigenvalue weighted by atomic mass is 35.5. The van der Waals surface area contributed by atoms with E-state index in [1.54, 1.807) is 6.07 Å². The third-order valence-electron chi connectivity index (χ3n) is 3.69. The molecule has 1 aromatic carbocycles. The molecule has 2 amide bonds. The lowest BCUT2D eigenvalue weighted by Gasteiger charge is -2.25. The van der Waals surface area contributed by atoms with Crippen LogP contribution in [0.3, 0.4) is 0 Å². The maximum Gasteiger partial charge on any atom is 0.329 e. The Morgan fingerprint density at radius 2 is 2.00 bits per heavy atom. The molecule has 0 atom stereocenters. The molecule has 0 saturated heterocycles. The standard InChI is InChI=1S/C14H16ClFN2O3/c15-11-9(4-3-5-10(11)16)8-17-13(21)18-14(12(19)20)6-1-2-7-14/h3-5H,1-2,6-8H2,(H,19,20)(H2,17,18,21). The van der Waals surface area contributed by atoms with E-state index in [4.69, 9.17) is 11.6 Å². The van der Waals surface area contributed by atoms with Gasteiger partial charge in [0.05, 0.1) is 5.02 Å². The van der Waals surface area contributed by atoms with Crippen LogP contribution in [0.1, 0.15) is 31.2 Å². The monoisotopic (exact) mass is 314 g/mol. The molecule has 7 heteroatoms. The summed E-state index contributed by atoms with van der Waals surface area (Å²) in [6, 6.07) is 3.71. The summed E-state index contributed by atoms with van der Waals surface area (Å²) in [5.74, 6) is -1.59. The molecule has 3 N–H and O–H groups in total. The molecule has 1 aromatic rings. The second-order valence-corrected chi connectivity index (χ2v) is 5.49. The van der Waals surface area contributed by atoms with Crippen molar-refractivity contribution in [2.45, 2.75) is 37.8 Å². The summed E-state index contributed by atoms with van der Waals surface area (Å²) in [5, 5.41) is 14.2. The van der Waals surface area contributed by atoms with E-state index < -0.39 is 23.4 Å². The lowest BCUT2D eigenvalue weighted by molar-refractivity contribution is -0.144. The molecule has 0 spiro atoms. The van der Waals surface area contributed by atoms with Gasteiger partial charge in [0.1, 0.15) is 11.4 Å². The largest absolute Gasteiger partial charge is 0.480 e. The van der Waals surface area contributed by atoms with Crippen molar-refractivity contribution in [3.8, 4) is 0 Å². The Balaban J connectivity index is 1.96. The van der Waals surface area contributed by atoms with Crippen LogP contribution in [0.25, 0.3) is 0 Å². The zero-order chi connectivity index (χ0) is 15.5. The fourth-order valence-corrected chi connectivity index (χ4v) is 2.69. The highest BCUT2D eigenvalue weighted by Gasteiger charge is 2.42. The molecule has 1 saturated carbocycles. The van der Waals surface area contributed by atoms with Crippen LogP contribution in [0.2, 0.25) is 5.02 Å². The fourth-order valence-electron chi connectivity index (χ4n) is 2.49. The summed E-state index contributed by atoms with van der Waals surface area (Å²) >= 11 is 5.78. The highest BCUT2D eigenvalue weighted by Crippen LogP contribution is 2.29. The lowest BCUT2D eigenvalue weighted by atomic mass is 9.98. The predicted octanol–water partition coefficient (Wildman–Crippen LogP) is 2.68. The summed E-state index contributed by atoms with van der Waals surface area (Å²) in [5.41, 5.74) is -0.766. The molecule has 5 nitrogen and oxygen atoms in total. The van der Waals surface area contributed by atoms with Crippen molar-refractivity contribution < 1.29 is 19.1 Å². The summed E-state index contributed by atoms with van der Waals surface area (Å²) in [4.78, 5) is 23.2. The van der Waals surface area contributed by atoms with Crippen molar-refractivity contribution in [2.24, 2.45) is 0 Å². The molecule has 0 bridgehead atoms. The van der Waals surface area contributed by atoms with E-state index in [-0.39, 0.29) is 11.6 Å². The van der Waals surface area contributed by atoms with E-state index in [1.165, 1.54) is 12.1 Å². The van der Waals surface area contributed by atoms with Crippen LogP contribution < -0.4 is 10.6 Å². The van der Waals surface area contributed by atoms with E-state index in [0.717, 1.165) is 12.8 Å². The van der Waals surface area contributed by atoms with Crippen LogP contribution in [-0.4, -0.2) is 22.6 Å². The number of benzene rings is 1. The number of rotatable bonds is 4. The van der Waals surface area contributed by atoms with Crippen molar-refractivity contribution >= 4 is 23.6 Å². The minimum atomic E-state index is -1.20. The first kappa shape index (κ1) is 15.6. The van der Waals surface area contributed by atoms with E-state index in [2.05, 4.69) is 10.6 Å². The Morgan fingerprint density at radius 1 is 1.33 bits per heavy atom. The molecule has 0 aromatic heterocycles. The number of carbonyl (C=O) groups is 2. The Hall–Kier alpha value is -1.82. The molecule has 0 radical (unpaired) electrons. The van der Waals surface area contributed by atoms with Crippen molar-refractivity contribution in [2.75, 3.05) is 0 Å². The first-order chi connectivity index (χ1) is 9.94. The Kier molecular flexibility index (Phi) is 4.67. The van der Waals surface area contributed by atoms with Gasteiger partial charge in [-0.1, -0.05) is 36.6 Å². The van der Waals surface area contributed by atoms with Crippen molar-refractivity contribution in [3.05, 3.63) is 34.6 Å². The molecule has 1 aliphatic carbocycles. The highest BCUT2D eigenvalue weighted by molar-refractivity contribution is 6.31. The fraction of sp³-hybridized carbons (Fsp3) is 0.429. The molecular formula is C14H16ClFN2O3. The molecule has 2 rings (SSSR count). The van der Waals surface area contributed by atoms with Crippen LogP contribution in [0.4, 0.5) is 9.18 Å². The number of aliphatic carboxylic acids is 1. The van der Waals surface area contributed by atoms with Gasteiger partial charge in [0.2, 0.25) is 0 Å². The normalized spacial score (nSPS) is 16.5. The summed E-state index contributed by atoms with van der Waals surface area (Å²) in [7, 11) is 0. The molecule has 21 heavy (non-hydrogen) atoms. The van der Waals surface area contributed by atoms with Crippen LogP contribution >= 0.6 is 11.6 Å². The van der Waals surface area contributed by atoms with Crippen molar-refractivity contribution in [3.63, 3.8) is 0 Å². The third kappa shape index (κ3) is 3.44. The number of amides is 2. The van der Waals surface area contributed by atoms with Gasteiger partial charge < -0.3 is 15.7 Å². The maximum absolute atomic E-state index is 13.3. The number of urea groups is 1. The van der Waals surface area contributed by atoms with E-state index in [9.17, 15) is 19.1 Å². The zero-order valence-corrected chi connectivity index (χ0v) is 12.0. The van der Waals surface area contributed by atoms with Gasteiger partial charge in [0, 0.05) is 6.54 Å². The van der Waals surface area contributed by atoms with Gasteiger partial charge in [-0.2, -0.15) is 0 Å². The number of carboxylic acid groups (broad SMARTS) is 1. The quantitative estimate of drug-likeness (QED) is 0.799. The van der Waals surface area contributed by atoms with Gasteiger partial charge in [-0.25, -0.2) is 14.0 Å². The van der Waals surface area contributed by atoms with Crippen molar-refractivity contribution in [1.29, 1.82) is 0 Å². The Labute approximate surface area is 126 Å². The predicted molar refractivity (Wildman–Crippen MR) is 75.6 cm³/mol. The van der Waals surface area contributed by atoms with Gasteiger partial charge in [-0.3, -0.25) is 0 Å². The summed E-state index contributed by atoms with van der Waals surface area (Å²) < 4.78 is 13.3. The molecule has 1 aliphatic rings. The molecule has 1 fully saturated rings. The van der Waals surface area contributed by atoms with Gasteiger partial charge in [-0.15, -0.1) is 0 Å². The Morgan fingerprint density at radius 3 is 2.62 bits per heavy atom. The van der Waals surface area contributed by atoms with Crippen LogP contribution in [-0.2, 0) is 11.3 Å². The first-order valence-corrected chi connectivity index (χ1v) is 7.05. The second-order valence-electron chi connectivity index (χ2n) is 5.11. The first-order valence-electron chi connectivity index (χ1n) is 6.67. The number of hydrogen-bond acceptors (Lipinski definition) is 2. The molecule has 0 unspecified atom stereocenters. The summed E-state index contributed by atoms with van der Waals surface area (Å²) in [6.45, 7) is 0.0259. The Bertz CT molecular complexity index is 559. The smallest absolute Gasteiger partial charge is 0.329 e. The number of hydrogen-bond donors (Lipinski definition) is 3. The maximum atomic E-state index is 13.3. The molecule has 0 aliphatic heterocycles. The number of nitrogens with one attached hydrogen (secondary N) is 2. The van der Waals surface area contributed by atoms with Gasteiger partial charge in [0.15, 0.2) is 0 Å². The van der Waals surface area contributed by atoms with E-state index in [1.807, 2.05) is 0 Å². The average Bonchev–Trinajstić information content (AvgIpc) is 2.90. The van der Waals surface area contributed by atoms with Gasteiger partial charge in [0.25, 0.3) is 0 Å². The molecule has 114 valence electrons. The van der Waals surface area contributed by atoms with Gasteiger partial charge >= 0.3 is 12.0 Å². The lowest BCUT2D eigenvalue weighted by Crippen LogP contribution is -2.55. The van der Waals surface area contributed by atoms with E-state index >= 15 is 0 Å². The SMILES string of the molecule is O=C(NCc1cccc(F)c1Cl)NC1(C(=O)O)CCCC1.